The number of carbonyl (C=O) groups is 1. The number of pyridine rings is 1. The number of hydrogen-bond acceptors (Lipinski definition) is 3. The van der Waals surface area contributed by atoms with Gasteiger partial charge in [0.25, 0.3) is 5.91 Å². The van der Waals surface area contributed by atoms with Gasteiger partial charge in [0.05, 0.1) is 11.8 Å². The third-order valence-corrected chi connectivity index (χ3v) is 3.68. The number of fused-ring (bicyclic) bond motifs is 1. The normalized spacial score (nSPS) is 14.5. The summed E-state index contributed by atoms with van der Waals surface area (Å²) in [4.78, 5) is 18.1. The molecule has 1 amide bonds. The summed E-state index contributed by atoms with van der Waals surface area (Å²) < 4.78 is 0. The van der Waals surface area contributed by atoms with Crippen molar-refractivity contribution in [2.24, 2.45) is 0 Å². The summed E-state index contributed by atoms with van der Waals surface area (Å²) in [5.74, 6) is -0.0461. The lowest BCUT2D eigenvalue weighted by Gasteiger charge is -2.20. The molecular formula is C16H16N2O2. The van der Waals surface area contributed by atoms with Gasteiger partial charge in [-0.3, -0.25) is 9.78 Å². The van der Waals surface area contributed by atoms with E-state index in [1.165, 1.54) is 29.6 Å². The molecule has 20 heavy (non-hydrogen) atoms. The first kappa shape index (κ1) is 12.7. The largest absolute Gasteiger partial charge is 0.506 e. The summed E-state index contributed by atoms with van der Waals surface area (Å²) >= 11 is 0. The zero-order valence-corrected chi connectivity index (χ0v) is 11.1. The van der Waals surface area contributed by atoms with Crippen LogP contribution in [-0.2, 0) is 12.8 Å². The Morgan fingerprint density at radius 2 is 1.75 bits per heavy atom. The molecule has 1 aromatic carbocycles. The molecule has 0 radical (unpaired) electrons. The number of aromatic hydroxyl groups is 1. The second-order valence-electron chi connectivity index (χ2n) is 4.99. The lowest BCUT2D eigenvalue weighted by Crippen LogP contribution is -2.33. The van der Waals surface area contributed by atoms with E-state index in [0.29, 0.717) is 18.7 Å². The zero-order chi connectivity index (χ0) is 13.9. The second kappa shape index (κ2) is 5.33. The van der Waals surface area contributed by atoms with Crippen LogP contribution in [0.2, 0.25) is 0 Å². The van der Waals surface area contributed by atoms with Crippen LogP contribution < -0.4 is 0 Å². The van der Waals surface area contributed by atoms with Gasteiger partial charge in [-0.25, -0.2) is 0 Å². The van der Waals surface area contributed by atoms with Gasteiger partial charge in [-0.2, -0.15) is 0 Å². The minimum absolute atomic E-state index is 0.0222. The fraction of sp³-hybridized carbons (Fsp3) is 0.250. The maximum atomic E-state index is 12.4. The standard InChI is InChI=1S/C16H16N2O2/c19-15-9-14(10-17-11-15)16(20)18-7-5-12-3-1-2-4-13(12)6-8-18/h1-4,9-11,19H,5-8H2. The highest BCUT2D eigenvalue weighted by Crippen LogP contribution is 2.18. The number of rotatable bonds is 1. The van der Waals surface area contributed by atoms with Crippen LogP contribution in [0.1, 0.15) is 21.5 Å². The Morgan fingerprint density at radius 3 is 2.35 bits per heavy atom. The summed E-state index contributed by atoms with van der Waals surface area (Å²) in [6.07, 6.45) is 4.57. The van der Waals surface area contributed by atoms with E-state index in [4.69, 9.17) is 0 Å². The second-order valence-corrected chi connectivity index (χ2v) is 4.99. The molecule has 102 valence electrons. The minimum Gasteiger partial charge on any atom is -0.506 e. The monoisotopic (exact) mass is 268 g/mol. The predicted molar refractivity (Wildman–Crippen MR) is 75.7 cm³/mol. The quantitative estimate of drug-likeness (QED) is 0.861. The van der Waals surface area contributed by atoms with E-state index in [-0.39, 0.29) is 11.7 Å². The third-order valence-electron chi connectivity index (χ3n) is 3.68. The molecule has 0 atom stereocenters. The molecule has 1 aliphatic heterocycles. The van der Waals surface area contributed by atoms with Gasteiger partial charge in [0.1, 0.15) is 5.75 Å². The number of amides is 1. The van der Waals surface area contributed by atoms with Crippen LogP contribution in [-0.4, -0.2) is 34.0 Å². The van der Waals surface area contributed by atoms with Crippen molar-refractivity contribution in [2.45, 2.75) is 12.8 Å². The number of benzene rings is 1. The average molecular weight is 268 g/mol. The number of hydrogen-bond donors (Lipinski definition) is 1. The number of aromatic nitrogens is 1. The molecule has 0 saturated heterocycles. The SMILES string of the molecule is O=C(c1cncc(O)c1)N1CCc2ccccc2CC1. The van der Waals surface area contributed by atoms with Gasteiger partial charge in [0.15, 0.2) is 0 Å². The Hall–Kier alpha value is -2.36. The van der Waals surface area contributed by atoms with E-state index in [9.17, 15) is 9.90 Å². The third kappa shape index (κ3) is 2.50. The fourth-order valence-electron chi connectivity index (χ4n) is 2.60. The molecule has 4 heteroatoms. The van der Waals surface area contributed by atoms with Crippen molar-refractivity contribution < 1.29 is 9.90 Å². The molecule has 4 nitrogen and oxygen atoms in total. The van der Waals surface area contributed by atoms with Gasteiger partial charge >= 0.3 is 0 Å². The smallest absolute Gasteiger partial charge is 0.255 e. The molecule has 1 N–H and O–H groups in total. The highest BCUT2D eigenvalue weighted by Gasteiger charge is 2.19. The van der Waals surface area contributed by atoms with Crippen LogP contribution >= 0.6 is 0 Å². The summed E-state index contributed by atoms with van der Waals surface area (Å²) in [5.41, 5.74) is 3.07. The van der Waals surface area contributed by atoms with E-state index in [1.54, 1.807) is 0 Å². The van der Waals surface area contributed by atoms with Gasteiger partial charge < -0.3 is 10.0 Å². The van der Waals surface area contributed by atoms with Crippen LogP contribution in [0.15, 0.2) is 42.7 Å². The zero-order valence-electron chi connectivity index (χ0n) is 11.1. The van der Waals surface area contributed by atoms with Gasteiger partial charge in [-0.1, -0.05) is 24.3 Å². The Labute approximate surface area is 117 Å². The van der Waals surface area contributed by atoms with Crippen molar-refractivity contribution in [3.63, 3.8) is 0 Å². The van der Waals surface area contributed by atoms with Crippen molar-refractivity contribution in [3.05, 3.63) is 59.4 Å². The molecular weight excluding hydrogens is 252 g/mol. The van der Waals surface area contributed by atoms with Crippen molar-refractivity contribution >= 4 is 5.91 Å². The molecule has 1 aromatic heterocycles. The molecule has 0 fully saturated rings. The fourth-order valence-corrected chi connectivity index (χ4v) is 2.60. The predicted octanol–water partition coefficient (Wildman–Crippen LogP) is 2.03. The molecule has 3 rings (SSSR count). The van der Waals surface area contributed by atoms with Crippen LogP contribution in [0.3, 0.4) is 0 Å². The van der Waals surface area contributed by atoms with E-state index in [1.807, 2.05) is 17.0 Å². The van der Waals surface area contributed by atoms with E-state index in [2.05, 4.69) is 17.1 Å². The van der Waals surface area contributed by atoms with E-state index in [0.717, 1.165) is 12.8 Å². The van der Waals surface area contributed by atoms with Gasteiger partial charge in [-0.05, 0) is 30.0 Å². The van der Waals surface area contributed by atoms with Crippen molar-refractivity contribution in [2.75, 3.05) is 13.1 Å². The van der Waals surface area contributed by atoms with Crippen molar-refractivity contribution in [3.8, 4) is 5.75 Å². The molecule has 0 saturated carbocycles. The first-order valence-corrected chi connectivity index (χ1v) is 6.74. The summed E-state index contributed by atoms with van der Waals surface area (Å²) in [5, 5.41) is 9.42. The summed E-state index contributed by atoms with van der Waals surface area (Å²) in [6, 6.07) is 9.79. The number of carbonyl (C=O) groups excluding carboxylic acids is 1. The van der Waals surface area contributed by atoms with Crippen molar-refractivity contribution in [1.82, 2.24) is 9.88 Å². The highest BCUT2D eigenvalue weighted by molar-refractivity contribution is 5.94. The highest BCUT2D eigenvalue weighted by atomic mass is 16.3. The Kier molecular flexibility index (Phi) is 3.37. The molecule has 2 heterocycles. The van der Waals surface area contributed by atoms with Crippen LogP contribution in [0.5, 0.6) is 5.75 Å². The summed E-state index contributed by atoms with van der Waals surface area (Å²) in [7, 11) is 0. The maximum Gasteiger partial charge on any atom is 0.255 e. The Balaban J connectivity index is 1.78. The molecule has 0 bridgehead atoms. The van der Waals surface area contributed by atoms with Gasteiger partial charge in [0.2, 0.25) is 0 Å². The molecule has 2 aromatic rings. The lowest BCUT2D eigenvalue weighted by molar-refractivity contribution is 0.0762. The Bertz CT molecular complexity index is 613. The van der Waals surface area contributed by atoms with Gasteiger partial charge in [-0.15, -0.1) is 0 Å². The van der Waals surface area contributed by atoms with Crippen LogP contribution in [0.25, 0.3) is 0 Å². The molecule has 0 spiro atoms. The topological polar surface area (TPSA) is 53.4 Å². The first-order valence-electron chi connectivity index (χ1n) is 6.74. The maximum absolute atomic E-state index is 12.4. The Morgan fingerprint density at radius 1 is 1.10 bits per heavy atom. The summed E-state index contributed by atoms with van der Waals surface area (Å²) in [6.45, 7) is 1.40. The molecule has 1 aliphatic rings. The molecule has 0 unspecified atom stereocenters. The van der Waals surface area contributed by atoms with Crippen LogP contribution in [0.4, 0.5) is 0 Å². The van der Waals surface area contributed by atoms with E-state index < -0.39 is 0 Å². The van der Waals surface area contributed by atoms with E-state index >= 15 is 0 Å². The average Bonchev–Trinajstić information content (AvgIpc) is 2.69. The lowest BCUT2D eigenvalue weighted by atomic mass is 10.0. The van der Waals surface area contributed by atoms with Gasteiger partial charge in [0, 0.05) is 19.3 Å². The number of nitrogens with zero attached hydrogens (tertiary/aromatic N) is 2. The van der Waals surface area contributed by atoms with Crippen LogP contribution in [0, 0.1) is 0 Å². The first-order chi connectivity index (χ1) is 9.74. The molecule has 0 aliphatic carbocycles. The minimum atomic E-state index is -0.0683. The van der Waals surface area contributed by atoms with Crippen molar-refractivity contribution in [1.29, 1.82) is 0 Å².